The Bertz CT molecular complexity index is 530. The fourth-order valence-corrected chi connectivity index (χ4v) is 1.72. The van der Waals surface area contributed by atoms with Crippen LogP contribution in [-0.2, 0) is 12.8 Å². The first-order valence-corrected chi connectivity index (χ1v) is 5.94. The van der Waals surface area contributed by atoms with E-state index < -0.39 is 0 Å². The number of amidine groups is 1. The number of aryl methyl sites for hydroxylation is 1. The van der Waals surface area contributed by atoms with Crippen LogP contribution in [-0.4, -0.2) is 16.0 Å². The van der Waals surface area contributed by atoms with Gasteiger partial charge in [-0.25, -0.2) is 0 Å². The van der Waals surface area contributed by atoms with Crippen molar-refractivity contribution in [2.75, 3.05) is 0 Å². The number of nitrogens with zero attached hydrogens (tertiary/aromatic N) is 2. The molecule has 0 saturated carbocycles. The van der Waals surface area contributed by atoms with Gasteiger partial charge in [-0.1, -0.05) is 42.8 Å². The van der Waals surface area contributed by atoms with Crippen LogP contribution in [0.1, 0.15) is 24.8 Å². The zero-order valence-electron chi connectivity index (χ0n) is 10.3. The largest absolute Gasteiger partial charge is 0.387 e. The van der Waals surface area contributed by atoms with Crippen LogP contribution in [0.25, 0.3) is 11.4 Å². The second-order valence-electron chi connectivity index (χ2n) is 4.16. The molecule has 0 amide bonds. The van der Waals surface area contributed by atoms with Crippen LogP contribution in [0, 0.1) is 5.41 Å². The number of benzene rings is 1. The molecule has 0 aliphatic rings. The average Bonchev–Trinajstić information content (AvgIpc) is 2.78. The predicted octanol–water partition coefficient (Wildman–Crippen LogP) is 2.17. The first kappa shape index (κ1) is 12.3. The van der Waals surface area contributed by atoms with Crippen LogP contribution in [0.4, 0.5) is 0 Å². The van der Waals surface area contributed by atoms with Crippen LogP contribution in [0.15, 0.2) is 28.8 Å². The molecular formula is C13H16N4O. The zero-order valence-corrected chi connectivity index (χ0v) is 10.3. The SMILES string of the molecule is CCCc1ccc(-c2noc(CC(=N)N)n2)cc1. The lowest BCUT2D eigenvalue weighted by atomic mass is 10.1. The first-order chi connectivity index (χ1) is 8.69. The summed E-state index contributed by atoms with van der Waals surface area (Å²) in [4.78, 5) is 4.20. The molecule has 0 atom stereocenters. The lowest BCUT2D eigenvalue weighted by Gasteiger charge is -1.99. The normalized spacial score (nSPS) is 10.5. The van der Waals surface area contributed by atoms with E-state index in [1.54, 1.807) is 0 Å². The fourth-order valence-electron chi connectivity index (χ4n) is 1.72. The standard InChI is InChI=1S/C13H16N4O/c1-2-3-9-4-6-10(7-5-9)13-16-12(18-17-13)8-11(14)15/h4-7H,2-3,8H2,1H3,(H3,14,15). The minimum Gasteiger partial charge on any atom is -0.387 e. The van der Waals surface area contributed by atoms with Gasteiger partial charge in [-0.2, -0.15) is 4.98 Å². The van der Waals surface area contributed by atoms with Gasteiger partial charge in [0.1, 0.15) is 5.84 Å². The maximum Gasteiger partial charge on any atom is 0.234 e. The van der Waals surface area contributed by atoms with E-state index in [9.17, 15) is 0 Å². The minimum absolute atomic E-state index is 0.0171. The molecule has 1 aromatic heterocycles. The monoisotopic (exact) mass is 244 g/mol. The lowest BCUT2D eigenvalue weighted by molar-refractivity contribution is 0.389. The van der Waals surface area contributed by atoms with Crippen molar-refractivity contribution in [1.29, 1.82) is 5.41 Å². The smallest absolute Gasteiger partial charge is 0.234 e. The predicted molar refractivity (Wildman–Crippen MR) is 69.3 cm³/mol. The van der Waals surface area contributed by atoms with Crippen molar-refractivity contribution >= 4 is 5.84 Å². The third-order valence-corrected chi connectivity index (χ3v) is 2.56. The third kappa shape index (κ3) is 2.94. The Kier molecular flexibility index (Phi) is 3.72. The molecule has 2 rings (SSSR count). The second kappa shape index (κ2) is 5.44. The first-order valence-electron chi connectivity index (χ1n) is 5.94. The van der Waals surface area contributed by atoms with Crippen molar-refractivity contribution in [3.05, 3.63) is 35.7 Å². The minimum atomic E-state index is 0.0171. The highest BCUT2D eigenvalue weighted by Gasteiger charge is 2.09. The summed E-state index contributed by atoms with van der Waals surface area (Å²) in [5.41, 5.74) is 7.49. The molecule has 5 nitrogen and oxygen atoms in total. The molecule has 0 saturated heterocycles. The van der Waals surface area contributed by atoms with Gasteiger partial charge in [0.2, 0.25) is 11.7 Å². The Morgan fingerprint density at radius 1 is 1.33 bits per heavy atom. The van der Waals surface area contributed by atoms with E-state index in [0.29, 0.717) is 11.7 Å². The molecule has 94 valence electrons. The van der Waals surface area contributed by atoms with Gasteiger partial charge in [0.05, 0.1) is 6.42 Å². The number of nitrogens with one attached hydrogen (secondary N) is 1. The van der Waals surface area contributed by atoms with E-state index in [1.807, 2.05) is 12.1 Å². The number of rotatable bonds is 5. The Balaban J connectivity index is 2.15. The average molecular weight is 244 g/mol. The molecule has 3 N–H and O–H groups in total. The van der Waals surface area contributed by atoms with Gasteiger partial charge in [0.15, 0.2) is 0 Å². The molecule has 0 aliphatic heterocycles. The molecule has 18 heavy (non-hydrogen) atoms. The molecule has 0 fully saturated rings. The van der Waals surface area contributed by atoms with Crippen LogP contribution in [0.5, 0.6) is 0 Å². The summed E-state index contributed by atoms with van der Waals surface area (Å²) in [6, 6.07) is 8.10. The van der Waals surface area contributed by atoms with Gasteiger partial charge in [0, 0.05) is 5.56 Å². The highest BCUT2D eigenvalue weighted by molar-refractivity contribution is 5.78. The van der Waals surface area contributed by atoms with Gasteiger partial charge in [-0.15, -0.1) is 0 Å². The summed E-state index contributed by atoms with van der Waals surface area (Å²) < 4.78 is 5.03. The van der Waals surface area contributed by atoms with Gasteiger partial charge in [0.25, 0.3) is 0 Å². The maximum atomic E-state index is 7.17. The van der Waals surface area contributed by atoms with Crippen molar-refractivity contribution in [3.8, 4) is 11.4 Å². The summed E-state index contributed by atoms with van der Waals surface area (Å²) in [6.45, 7) is 2.15. The van der Waals surface area contributed by atoms with E-state index in [1.165, 1.54) is 5.56 Å². The van der Waals surface area contributed by atoms with E-state index >= 15 is 0 Å². The molecule has 0 unspecified atom stereocenters. The molecule has 0 bridgehead atoms. The van der Waals surface area contributed by atoms with Crippen molar-refractivity contribution in [2.24, 2.45) is 5.73 Å². The number of nitrogens with two attached hydrogens (primary N) is 1. The van der Waals surface area contributed by atoms with Crippen LogP contribution in [0.3, 0.4) is 0 Å². The van der Waals surface area contributed by atoms with E-state index in [4.69, 9.17) is 15.7 Å². The van der Waals surface area contributed by atoms with E-state index in [2.05, 4.69) is 29.2 Å². The van der Waals surface area contributed by atoms with Crippen molar-refractivity contribution in [1.82, 2.24) is 10.1 Å². The summed E-state index contributed by atoms with van der Waals surface area (Å²) in [5, 5.41) is 11.0. The fraction of sp³-hybridized carbons (Fsp3) is 0.308. The van der Waals surface area contributed by atoms with Gasteiger partial charge < -0.3 is 10.3 Å². The molecule has 0 spiro atoms. The highest BCUT2D eigenvalue weighted by Crippen LogP contribution is 2.17. The Hall–Kier alpha value is -2.17. The molecule has 0 radical (unpaired) electrons. The number of aromatic nitrogens is 2. The molecule has 5 heteroatoms. The van der Waals surface area contributed by atoms with Crippen molar-refractivity contribution < 1.29 is 4.52 Å². The Morgan fingerprint density at radius 3 is 2.67 bits per heavy atom. The van der Waals surface area contributed by atoms with E-state index in [-0.39, 0.29) is 12.3 Å². The topological polar surface area (TPSA) is 88.8 Å². The summed E-state index contributed by atoms with van der Waals surface area (Å²) in [6.07, 6.45) is 2.40. The van der Waals surface area contributed by atoms with Gasteiger partial charge in [-0.05, 0) is 12.0 Å². The van der Waals surface area contributed by atoms with Gasteiger partial charge in [-0.3, -0.25) is 5.41 Å². The third-order valence-electron chi connectivity index (χ3n) is 2.56. The Morgan fingerprint density at radius 2 is 2.06 bits per heavy atom. The van der Waals surface area contributed by atoms with Crippen molar-refractivity contribution in [2.45, 2.75) is 26.2 Å². The lowest BCUT2D eigenvalue weighted by Crippen LogP contribution is -2.12. The Labute approximate surface area is 106 Å². The van der Waals surface area contributed by atoms with Crippen molar-refractivity contribution in [3.63, 3.8) is 0 Å². The summed E-state index contributed by atoms with van der Waals surface area (Å²) >= 11 is 0. The van der Waals surface area contributed by atoms with Crippen LogP contribution < -0.4 is 5.73 Å². The molecular weight excluding hydrogens is 228 g/mol. The highest BCUT2D eigenvalue weighted by atomic mass is 16.5. The summed E-state index contributed by atoms with van der Waals surface area (Å²) in [5.74, 6) is 0.924. The van der Waals surface area contributed by atoms with Crippen LogP contribution in [0.2, 0.25) is 0 Å². The zero-order chi connectivity index (χ0) is 13.0. The molecule has 0 aliphatic carbocycles. The number of hydrogen-bond donors (Lipinski definition) is 2. The maximum absolute atomic E-state index is 7.17. The molecule has 1 aromatic carbocycles. The summed E-state index contributed by atoms with van der Waals surface area (Å²) in [7, 11) is 0. The molecule has 1 heterocycles. The van der Waals surface area contributed by atoms with E-state index in [0.717, 1.165) is 18.4 Å². The van der Waals surface area contributed by atoms with Gasteiger partial charge >= 0.3 is 0 Å². The van der Waals surface area contributed by atoms with Crippen LogP contribution >= 0.6 is 0 Å². The number of hydrogen-bond acceptors (Lipinski definition) is 4. The molecule has 2 aromatic rings. The second-order valence-corrected chi connectivity index (χ2v) is 4.16. The quantitative estimate of drug-likeness (QED) is 0.623.